The Kier molecular flexibility index (Phi) is 3.94. The zero-order valence-electron chi connectivity index (χ0n) is 13.7. The second-order valence-corrected chi connectivity index (χ2v) is 7.35. The van der Waals surface area contributed by atoms with E-state index in [9.17, 15) is 18.0 Å². The van der Waals surface area contributed by atoms with Crippen LogP contribution in [0.2, 0.25) is 0 Å². The van der Waals surface area contributed by atoms with Gasteiger partial charge >= 0.3 is 6.18 Å². The van der Waals surface area contributed by atoms with Crippen molar-refractivity contribution in [1.29, 1.82) is 0 Å². The molecule has 130 valence electrons. The number of hydrogen-bond donors (Lipinski definition) is 0. The van der Waals surface area contributed by atoms with Gasteiger partial charge in [-0.25, -0.2) is 0 Å². The smallest absolute Gasteiger partial charge is 0.366 e. The lowest BCUT2D eigenvalue weighted by Gasteiger charge is -2.53. The van der Waals surface area contributed by atoms with Crippen LogP contribution in [0.1, 0.15) is 18.4 Å². The van der Waals surface area contributed by atoms with Crippen molar-refractivity contribution in [2.24, 2.45) is 17.8 Å². The quantitative estimate of drug-likeness (QED) is 0.607. The molecule has 7 heteroatoms. The fourth-order valence-corrected chi connectivity index (χ4v) is 4.61. The average Bonchev–Trinajstić information content (AvgIpc) is 2.56. The summed E-state index contributed by atoms with van der Waals surface area (Å²) in [5.74, 6) is 1.18. The summed E-state index contributed by atoms with van der Waals surface area (Å²) in [6.07, 6.45) is -0.542. The first-order valence-electron chi connectivity index (χ1n) is 8.51. The molecule has 4 fully saturated rings. The fraction of sp³-hybridized carbons (Fsp3) is 0.500. The Morgan fingerprint density at radius 1 is 1.12 bits per heavy atom. The molecule has 5 rings (SSSR count). The number of nitrogens with zero attached hydrogens (tertiary/aromatic N) is 2. The summed E-state index contributed by atoms with van der Waals surface area (Å²) in [5, 5.41) is 0. The minimum atomic E-state index is -4.40. The van der Waals surface area contributed by atoms with Crippen LogP contribution in [-0.2, 0) is 11.0 Å². The number of alkyl halides is 3. The Bertz CT molecular complexity index is 684. The lowest BCUT2D eigenvalue weighted by molar-refractivity contribution is -0.137. The van der Waals surface area contributed by atoms with E-state index in [-0.39, 0.29) is 11.6 Å². The molecule has 3 saturated heterocycles. The van der Waals surface area contributed by atoms with E-state index in [0.29, 0.717) is 11.8 Å². The summed E-state index contributed by atoms with van der Waals surface area (Å²) in [5.41, 5.74) is 0.660. The third-order valence-corrected chi connectivity index (χ3v) is 5.65. The minimum absolute atomic E-state index is 0.252. The first-order valence-corrected chi connectivity index (χ1v) is 8.51. The van der Waals surface area contributed by atoms with E-state index in [4.69, 9.17) is 7.98 Å². The van der Waals surface area contributed by atoms with Crippen molar-refractivity contribution in [3.8, 4) is 0 Å². The highest BCUT2D eigenvalue weighted by molar-refractivity contribution is 6.33. The molecule has 4 aliphatic rings. The first kappa shape index (κ1) is 16.7. The summed E-state index contributed by atoms with van der Waals surface area (Å²) < 4.78 is 37.9. The zero-order valence-corrected chi connectivity index (χ0v) is 13.7. The zero-order chi connectivity index (χ0) is 17.8. The topological polar surface area (TPSA) is 23.6 Å². The Labute approximate surface area is 145 Å². The van der Waals surface area contributed by atoms with E-state index < -0.39 is 11.7 Å². The Morgan fingerprint density at radius 2 is 1.72 bits per heavy atom. The van der Waals surface area contributed by atoms with Crippen LogP contribution in [0.4, 0.5) is 18.9 Å². The van der Waals surface area contributed by atoms with Crippen molar-refractivity contribution < 1.29 is 18.0 Å². The summed E-state index contributed by atoms with van der Waals surface area (Å²) >= 11 is 0. The summed E-state index contributed by atoms with van der Waals surface area (Å²) in [7, 11) is 5.85. The monoisotopic (exact) mass is 346 g/mol. The standard InChI is InChI=1S/C18H18BF3N2O/c19-24(15-3-1-14(2-4-15)18(20,21)22)17(25)7-16-12-5-11-6-13(16)10-23(8-11)9-12/h1-4,7,11-13H,5-6,8-10H2. The maximum Gasteiger partial charge on any atom is 0.416 e. The predicted molar refractivity (Wildman–Crippen MR) is 88.9 cm³/mol. The van der Waals surface area contributed by atoms with Crippen LogP contribution < -0.4 is 4.81 Å². The molecule has 4 bridgehead atoms. The van der Waals surface area contributed by atoms with E-state index in [0.717, 1.165) is 48.8 Å². The lowest BCUT2D eigenvalue weighted by Crippen LogP contribution is -2.54. The van der Waals surface area contributed by atoms with Gasteiger partial charge in [0.25, 0.3) is 0 Å². The molecule has 1 aliphatic carbocycles. The molecular weight excluding hydrogens is 328 g/mol. The van der Waals surface area contributed by atoms with Crippen LogP contribution in [0.15, 0.2) is 35.9 Å². The number of carbonyl (C=O) groups excluding carboxylic acids is 1. The van der Waals surface area contributed by atoms with Gasteiger partial charge < -0.3 is 9.71 Å². The van der Waals surface area contributed by atoms with Crippen LogP contribution in [0, 0.1) is 17.8 Å². The molecule has 2 atom stereocenters. The SMILES string of the molecule is [B]N(C(=O)C=C1C2CC3CC1CN(C3)C2)c1ccc(C(F)(F)F)cc1. The van der Waals surface area contributed by atoms with Crippen molar-refractivity contribution >= 4 is 19.6 Å². The van der Waals surface area contributed by atoms with Crippen LogP contribution in [0.5, 0.6) is 0 Å². The number of carbonyl (C=O) groups is 1. The summed E-state index contributed by atoms with van der Waals surface area (Å²) in [4.78, 5) is 15.9. The highest BCUT2D eigenvalue weighted by Crippen LogP contribution is 2.46. The minimum Gasteiger partial charge on any atom is -0.366 e. The van der Waals surface area contributed by atoms with E-state index in [1.807, 2.05) is 0 Å². The van der Waals surface area contributed by atoms with Gasteiger partial charge in [0.1, 0.15) is 0 Å². The number of piperidine rings is 3. The van der Waals surface area contributed by atoms with Gasteiger partial charge in [-0.3, -0.25) is 4.79 Å². The fourth-order valence-electron chi connectivity index (χ4n) is 4.61. The molecule has 0 N–H and O–H groups in total. The van der Waals surface area contributed by atoms with Crippen molar-refractivity contribution in [2.45, 2.75) is 19.0 Å². The van der Waals surface area contributed by atoms with Crippen LogP contribution in [0.3, 0.4) is 0 Å². The number of hydrogen-bond acceptors (Lipinski definition) is 2. The molecule has 1 aromatic carbocycles. The van der Waals surface area contributed by atoms with Gasteiger partial charge in [-0.15, -0.1) is 0 Å². The van der Waals surface area contributed by atoms with E-state index >= 15 is 0 Å². The number of anilines is 1. The van der Waals surface area contributed by atoms with Gasteiger partial charge in [0.15, 0.2) is 0 Å². The molecular formula is C18H18BF3N2O. The molecule has 3 aliphatic heterocycles. The molecule has 1 amide bonds. The van der Waals surface area contributed by atoms with E-state index in [1.165, 1.54) is 24.3 Å². The largest absolute Gasteiger partial charge is 0.416 e. The van der Waals surface area contributed by atoms with Crippen molar-refractivity contribution in [2.75, 3.05) is 24.4 Å². The molecule has 3 nitrogen and oxygen atoms in total. The Hall–Kier alpha value is -1.76. The lowest BCUT2D eigenvalue weighted by atomic mass is 9.65. The third kappa shape index (κ3) is 3.10. The molecule has 1 saturated carbocycles. The van der Waals surface area contributed by atoms with E-state index in [1.54, 1.807) is 6.08 Å². The van der Waals surface area contributed by atoms with Crippen LogP contribution >= 0.6 is 0 Å². The molecule has 0 spiro atoms. The molecule has 1 aromatic rings. The van der Waals surface area contributed by atoms with Crippen molar-refractivity contribution in [1.82, 2.24) is 4.90 Å². The predicted octanol–water partition coefficient (Wildman–Crippen LogP) is 3.02. The maximum atomic E-state index is 12.6. The maximum absolute atomic E-state index is 12.6. The molecule has 2 radical (unpaired) electrons. The van der Waals surface area contributed by atoms with Crippen molar-refractivity contribution in [3.63, 3.8) is 0 Å². The molecule has 3 heterocycles. The van der Waals surface area contributed by atoms with Crippen molar-refractivity contribution in [3.05, 3.63) is 41.5 Å². The number of rotatable bonds is 2. The van der Waals surface area contributed by atoms with E-state index in [2.05, 4.69) is 4.90 Å². The van der Waals surface area contributed by atoms with Gasteiger partial charge in [-0.05, 0) is 54.9 Å². The normalized spacial score (nSPS) is 30.4. The van der Waals surface area contributed by atoms with Gasteiger partial charge in [0, 0.05) is 31.4 Å². The third-order valence-electron chi connectivity index (χ3n) is 5.65. The number of amides is 1. The van der Waals surface area contributed by atoms with Gasteiger partial charge in [-0.2, -0.15) is 13.2 Å². The number of benzene rings is 1. The first-order chi connectivity index (χ1) is 11.8. The number of halogens is 3. The highest BCUT2D eigenvalue weighted by Gasteiger charge is 2.44. The second-order valence-electron chi connectivity index (χ2n) is 7.35. The highest BCUT2D eigenvalue weighted by atomic mass is 19.4. The summed E-state index contributed by atoms with van der Waals surface area (Å²) in [6, 6.07) is 4.32. The molecule has 2 unspecified atom stereocenters. The summed E-state index contributed by atoms with van der Waals surface area (Å²) in [6.45, 7) is 3.16. The van der Waals surface area contributed by atoms with Crippen LogP contribution in [0.25, 0.3) is 0 Å². The van der Waals surface area contributed by atoms with Gasteiger partial charge in [0.05, 0.1) is 5.56 Å². The van der Waals surface area contributed by atoms with Gasteiger partial charge in [0.2, 0.25) is 13.9 Å². The molecule has 0 aromatic heterocycles. The Morgan fingerprint density at radius 3 is 2.24 bits per heavy atom. The van der Waals surface area contributed by atoms with Crippen LogP contribution in [-0.4, -0.2) is 38.4 Å². The second kappa shape index (κ2) is 5.90. The Balaban J connectivity index is 1.51. The van der Waals surface area contributed by atoms with Gasteiger partial charge in [-0.1, -0.05) is 5.57 Å². The molecule has 25 heavy (non-hydrogen) atoms. The average molecular weight is 346 g/mol.